The molecule has 0 saturated heterocycles. The normalized spacial score (nSPS) is 11.3. The molecule has 204 valence electrons. The summed E-state index contributed by atoms with van der Waals surface area (Å²) in [6.45, 7) is 0. The van der Waals surface area contributed by atoms with Gasteiger partial charge in [-0.3, -0.25) is 4.79 Å². The molecule has 0 radical (unpaired) electrons. The summed E-state index contributed by atoms with van der Waals surface area (Å²) in [5.41, 5.74) is 4.13. The van der Waals surface area contributed by atoms with Gasteiger partial charge in [-0.05, 0) is 53.4 Å². The Morgan fingerprint density at radius 1 is 0.750 bits per heavy atom. The van der Waals surface area contributed by atoms with E-state index in [1.165, 1.54) is 7.11 Å². The zero-order valence-electron chi connectivity index (χ0n) is 21.6. The minimum Gasteiger partial charge on any atom is -0.467 e. The molecule has 7 nitrogen and oxygen atoms in total. The standard InChI is InChI=1S/C31H27Cl2N3O4/c1-40-30(38)27(36-31(39)35-26-13-6-5-10-22(26)18-20-8-3-2-4-9-20)19-21-14-16-23(17-15-21)34-29(37)28-24(32)11-7-12-25(28)33/h2-17,27H,18-19H2,1H3,(H,34,37)(H2,35,36,39)/t27-/m0/s1. The highest BCUT2D eigenvalue weighted by Gasteiger charge is 2.23. The summed E-state index contributed by atoms with van der Waals surface area (Å²) in [5, 5.41) is 8.81. The Labute approximate surface area is 242 Å². The van der Waals surface area contributed by atoms with E-state index in [1.807, 2.05) is 54.6 Å². The van der Waals surface area contributed by atoms with Gasteiger partial charge in [0.05, 0.1) is 22.7 Å². The van der Waals surface area contributed by atoms with Crippen LogP contribution in [-0.4, -0.2) is 31.1 Å². The van der Waals surface area contributed by atoms with Crippen molar-refractivity contribution in [2.45, 2.75) is 18.9 Å². The number of para-hydroxylation sites is 1. The van der Waals surface area contributed by atoms with E-state index >= 15 is 0 Å². The predicted molar refractivity (Wildman–Crippen MR) is 158 cm³/mol. The number of amides is 3. The first-order chi connectivity index (χ1) is 19.3. The third kappa shape index (κ3) is 7.62. The predicted octanol–water partition coefficient (Wildman–Crippen LogP) is 6.74. The van der Waals surface area contributed by atoms with E-state index in [9.17, 15) is 14.4 Å². The lowest BCUT2D eigenvalue weighted by molar-refractivity contribution is -0.142. The van der Waals surface area contributed by atoms with Crippen molar-refractivity contribution in [3.8, 4) is 0 Å². The lowest BCUT2D eigenvalue weighted by atomic mass is 10.0. The highest BCUT2D eigenvalue weighted by molar-refractivity contribution is 6.40. The van der Waals surface area contributed by atoms with Crippen LogP contribution in [0.3, 0.4) is 0 Å². The van der Waals surface area contributed by atoms with Gasteiger partial charge >= 0.3 is 12.0 Å². The van der Waals surface area contributed by atoms with Crippen molar-refractivity contribution in [2.75, 3.05) is 17.7 Å². The zero-order valence-corrected chi connectivity index (χ0v) is 23.1. The average Bonchev–Trinajstić information content (AvgIpc) is 2.95. The molecule has 0 aliphatic rings. The van der Waals surface area contributed by atoms with E-state index in [1.54, 1.807) is 42.5 Å². The van der Waals surface area contributed by atoms with Gasteiger partial charge in [-0.1, -0.05) is 89.9 Å². The molecule has 4 rings (SSSR count). The molecule has 0 aliphatic heterocycles. The maximum Gasteiger partial charge on any atom is 0.328 e. The lowest BCUT2D eigenvalue weighted by Gasteiger charge is -2.18. The lowest BCUT2D eigenvalue weighted by Crippen LogP contribution is -2.45. The van der Waals surface area contributed by atoms with Crippen LogP contribution in [0.1, 0.15) is 27.0 Å². The monoisotopic (exact) mass is 575 g/mol. The Morgan fingerprint density at radius 2 is 1.40 bits per heavy atom. The molecule has 4 aromatic carbocycles. The van der Waals surface area contributed by atoms with Gasteiger partial charge in [0, 0.05) is 17.8 Å². The minimum absolute atomic E-state index is 0.177. The summed E-state index contributed by atoms with van der Waals surface area (Å²) in [4.78, 5) is 38.1. The number of nitrogens with one attached hydrogen (secondary N) is 3. The molecule has 0 heterocycles. The maximum atomic E-state index is 12.9. The van der Waals surface area contributed by atoms with Gasteiger partial charge in [-0.2, -0.15) is 0 Å². The summed E-state index contributed by atoms with van der Waals surface area (Å²) in [5.74, 6) is -1.03. The molecule has 0 saturated carbocycles. The van der Waals surface area contributed by atoms with Crippen LogP contribution in [0.25, 0.3) is 0 Å². The number of rotatable bonds is 9. The third-order valence-electron chi connectivity index (χ3n) is 6.14. The first kappa shape index (κ1) is 28.7. The minimum atomic E-state index is -0.936. The molecule has 0 bridgehead atoms. The van der Waals surface area contributed by atoms with Gasteiger partial charge in [-0.25, -0.2) is 9.59 Å². The number of urea groups is 1. The Morgan fingerprint density at radius 3 is 2.08 bits per heavy atom. The largest absolute Gasteiger partial charge is 0.467 e. The molecule has 4 aromatic rings. The van der Waals surface area contributed by atoms with Gasteiger partial charge in [0.15, 0.2) is 0 Å². The van der Waals surface area contributed by atoms with Gasteiger partial charge in [0.1, 0.15) is 6.04 Å². The van der Waals surface area contributed by atoms with Crippen LogP contribution in [0.4, 0.5) is 16.2 Å². The fraction of sp³-hybridized carbons (Fsp3) is 0.129. The van der Waals surface area contributed by atoms with Crippen LogP contribution in [-0.2, 0) is 22.4 Å². The number of halogens is 2. The number of anilines is 2. The number of methoxy groups -OCH3 is 1. The van der Waals surface area contributed by atoms with Crippen molar-refractivity contribution in [1.29, 1.82) is 0 Å². The maximum absolute atomic E-state index is 12.9. The van der Waals surface area contributed by atoms with Gasteiger partial charge in [0.2, 0.25) is 0 Å². The van der Waals surface area contributed by atoms with Crippen LogP contribution in [0.15, 0.2) is 97.1 Å². The van der Waals surface area contributed by atoms with E-state index in [4.69, 9.17) is 27.9 Å². The Hall–Kier alpha value is -4.33. The molecule has 0 unspecified atom stereocenters. The second kappa shape index (κ2) is 13.6. The van der Waals surface area contributed by atoms with Gasteiger partial charge < -0.3 is 20.7 Å². The Kier molecular flexibility index (Phi) is 9.78. The van der Waals surface area contributed by atoms with Crippen LogP contribution < -0.4 is 16.0 Å². The number of hydrogen-bond acceptors (Lipinski definition) is 4. The molecule has 9 heteroatoms. The molecule has 0 aliphatic carbocycles. The van der Waals surface area contributed by atoms with Gasteiger partial charge in [-0.15, -0.1) is 0 Å². The highest BCUT2D eigenvalue weighted by Crippen LogP contribution is 2.25. The molecule has 40 heavy (non-hydrogen) atoms. The fourth-order valence-electron chi connectivity index (χ4n) is 4.13. The second-order valence-corrected chi connectivity index (χ2v) is 9.76. The summed E-state index contributed by atoms with van der Waals surface area (Å²) < 4.78 is 4.92. The molecule has 1 atom stereocenters. The van der Waals surface area contributed by atoms with Crippen LogP contribution in [0.5, 0.6) is 0 Å². The zero-order chi connectivity index (χ0) is 28.5. The van der Waals surface area contributed by atoms with E-state index in [-0.39, 0.29) is 22.0 Å². The summed E-state index contributed by atoms with van der Waals surface area (Å²) in [7, 11) is 1.27. The van der Waals surface area contributed by atoms with Crippen molar-refractivity contribution in [2.24, 2.45) is 0 Å². The van der Waals surface area contributed by atoms with Crippen molar-refractivity contribution in [3.05, 3.63) is 129 Å². The third-order valence-corrected chi connectivity index (χ3v) is 6.77. The van der Waals surface area contributed by atoms with Crippen LogP contribution in [0, 0.1) is 0 Å². The van der Waals surface area contributed by atoms with E-state index in [2.05, 4.69) is 16.0 Å². The summed E-state index contributed by atoms with van der Waals surface area (Å²) >= 11 is 12.3. The number of benzene rings is 4. The van der Waals surface area contributed by atoms with Crippen molar-refractivity contribution >= 4 is 52.5 Å². The first-order valence-corrected chi connectivity index (χ1v) is 13.2. The summed E-state index contributed by atoms with van der Waals surface area (Å²) in [6.07, 6.45) is 0.819. The molecule has 0 spiro atoms. The first-order valence-electron chi connectivity index (χ1n) is 12.5. The smallest absolute Gasteiger partial charge is 0.328 e. The summed E-state index contributed by atoms with van der Waals surface area (Å²) in [6, 6.07) is 27.7. The van der Waals surface area contributed by atoms with E-state index in [0.717, 1.165) is 16.7 Å². The van der Waals surface area contributed by atoms with E-state index < -0.39 is 23.9 Å². The molecule has 3 amide bonds. The Balaban J connectivity index is 1.40. The second-order valence-electron chi connectivity index (χ2n) is 8.95. The number of hydrogen-bond donors (Lipinski definition) is 3. The quantitative estimate of drug-likeness (QED) is 0.192. The molecule has 0 aromatic heterocycles. The van der Waals surface area contributed by atoms with Crippen LogP contribution >= 0.6 is 23.2 Å². The van der Waals surface area contributed by atoms with Crippen molar-refractivity contribution < 1.29 is 19.1 Å². The Bertz CT molecular complexity index is 1470. The number of carbonyl (C=O) groups is 3. The molecule has 3 N–H and O–H groups in total. The van der Waals surface area contributed by atoms with Gasteiger partial charge in [0.25, 0.3) is 5.91 Å². The van der Waals surface area contributed by atoms with E-state index in [0.29, 0.717) is 17.8 Å². The fourth-order valence-corrected chi connectivity index (χ4v) is 4.70. The topological polar surface area (TPSA) is 96.5 Å². The highest BCUT2D eigenvalue weighted by atomic mass is 35.5. The SMILES string of the molecule is COC(=O)[C@H](Cc1ccc(NC(=O)c2c(Cl)cccc2Cl)cc1)NC(=O)Nc1ccccc1Cc1ccccc1. The molecule has 0 fully saturated rings. The molecular formula is C31H27Cl2N3O4. The molecular weight excluding hydrogens is 549 g/mol. The average molecular weight is 576 g/mol. The van der Waals surface area contributed by atoms with Crippen molar-refractivity contribution in [3.63, 3.8) is 0 Å². The number of ether oxygens (including phenoxy) is 1. The number of carbonyl (C=O) groups excluding carboxylic acids is 3. The van der Waals surface area contributed by atoms with Crippen molar-refractivity contribution in [1.82, 2.24) is 5.32 Å². The van der Waals surface area contributed by atoms with Crippen LogP contribution in [0.2, 0.25) is 10.0 Å². The number of esters is 1.